The molecule has 2 aromatic heterocycles. The summed E-state index contributed by atoms with van der Waals surface area (Å²) >= 11 is 6.05. The smallest absolute Gasteiger partial charge is 0.331 e. The van der Waals surface area contributed by atoms with Crippen LogP contribution in [0.4, 0.5) is 0 Å². The molecule has 8 heteroatoms. The summed E-state index contributed by atoms with van der Waals surface area (Å²) in [4.78, 5) is 26.2. The third kappa shape index (κ3) is 2.84. The van der Waals surface area contributed by atoms with Gasteiger partial charge in [0, 0.05) is 19.7 Å². The van der Waals surface area contributed by atoms with E-state index in [1.54, 1.807) is 19.2 Å². The molecule has 0 unspecified atom stereocenters. The zero-order valence-electron chi connectivity index (χ0n) is 17.6. The second-order valence-electron chi connectivity index (χ2n) is 8.37. The largest absolute Gasteiger partial charge is 0.472 e. The molecule has 0 aliphatic carbocycles. The molecule has 0 spiro atoms. The average molecular weight is 439 g/mol. The van der Waals surface area contributed by atoms with Gasteiger partial charge in [0.1, 0.15) is 11.3 Å². The Balaban J connectivity index is 1.99. The highest BCUT2D eigenvalue weighted by Crippen LogP contribution is 2.42. The Bertz CT molecular complexity index is 1420. The highest BCUT2D eigenvalue weighted by atomic mass is 35.5. The third-order valence-corrected chi connectivity index (χ3v) is 5.85. The van der Waals surface area contributed by atoms with E-state index < -0.39 is 11.3 Å². The lowest BCUT2D eigenvalue weighted by Crippen LogP contribution is -2.41. The van der Waals surface area contributed by atoms with Gasteiger partial charge in [0.15, 0.2) is 23.1 Å². The fourth-order valence-electron chi connectivity index (χ4n) is 4.33. The van der Waals surface area contributed by atoms with E-state index in [0.717, 1.165) is 15.8 Å². The summed E-state index contributed by atoms with van der Waals surface area (Å²) in [7, 11) is 3.15. The number of furan rings is 1. The SMILES string of the molecule is Cn1c2c(c(=O)n(C)c1=O)C(c1ccccc1)=[N+]1CC(C)(C)OC(c3ccc(Cl)o3)=C21. The van der Waals surface area contributed by atoms with Crippen molar-refractivity contribution in [3.05, 3.63) is 91.1 Å². The van der Waals surface area contributed by atoms with Crippen molar-refractivity contribution in [1.82, 2.24) is 9.13 Å². The van der Waals surface area contributed by atoms with Gasteiger partial charge in [0.2, 0.25) is 11.5 Å². The van der Waals surface area contributed by atoms with Gasteiger partial charge < -0.3 is 9.15 Å². The molecule has 4 heterocycles. The van der Waals surface area contributed by atoms with Crippen molar-refractivity contribution >= 4 is 28.8 Å². The van der Waals surface area contributed by atoms with Crippen LogP contribution in [0.15, 0.2) is 56.5 Å². The molecule has 0 atom stereocenters. The van der Waals surface area contributed by atoms with Crippen molar-refractivity contribution in [2.75, 3.05) is 6.54 Å². The van der Waals surface area contributed by atoms with E-state index in [1.165, 1.54) is 11.6 Å². The van der Waals surface area contributed by atoms with Crippen molar-refractivity contribution < 1.29 is 13.7 Å². The predicted molar refractivity (Wildman–Crippen MR) is 117 cm³/mol. The van der Waals surface area contributed by atoms with Crippen LogP contribution in [0, 0.1) is 0 Å². The van der Waals surface area contributed by atoms with Crippen LogP contribution < -0.4 is 11.2 Å². The minimum absolute atomic E-state index is 0.227. The van der Waals surface area contributed by atoms with Crippen LogP contribution in [0.2, 0.25) is 5.22 Å². The molecular formula is C23H21ClN3O4+. The number of hydrogen-bond donors (Lipinski definition) is 0. The fourth-order valence-corrected chi connectivity index (χ4v) is 4.48. The first kappa shape index (κ1) is 19.6. The van der Waals surface area contributed by atoms with Gasteiger partial charge in [-0.3, -0.25) is 13.9 Å². The number of nitrogens with zero attached hydrogens (tertiary/aromatic N) is 3. The minimum Gasteiger partial charge on any atom is -0.472 e. The van der Waals surface area contributed by atoms with Crippen molar-refractivity contribution in [2.45, 2.75) is 19.4 Å². The van der Waals surface area contributed by atoms with Gasteiger partial charge in [-0.1, -0.05) is 18.2 Å². The zero-order chi connectivity index (χ0) is 22.1. The molecule has 5 rings (SSSR count). The molecule has 158 valence electrons. The lowest BCUT2D eigenvalue weighted by atomic mass is 10.0. The van der Waals surface area contributed by atoms with Crippen molar-refractivity contribution in [1.29, 1.82) is 0 Å². The second-order valence-corrected chi connectivity index (χ2v) is 8.75. The Kier molecular flexibility index (Phi) is 4.17. The lowest BCUT2D eigenvalue weighted by Gasteiger charge is -2.29. The summed E-state index contributed by atoms with van der Waals surface area (Å²) in [5.74, 6) is 0.879. The van der Waals surface area contributed by atoms with E-state index in [2.05, 4.69) is 4.58 Å². The topological polar surface area (TPSA) is 69.4 Å². The molecule has 0 saturated heterocycles. The molecule has 0 fully saturated rings. The summed E-state index contributed by atoms with van der Waals surface area (Å²) in [5.41, 5.74) is 1.85. The van der Waals surface area contributed by atoms with Crippen molar-refractivity contribution in [3.63, 3.8) is 0 Å². The number of rotatable bonds is 2. The molecule has 0 saturated carbocycles. The fraction of sp³-hybridized carbons (Fsp3) is 0.261. The number of ether oxygens (including phenoxy) is 1. The van der Waals surface area contributed by atoms with Gasteiger partial charge >= 0.3 is 5.69 Å². The Morgan fingerprint density at radius 3 is 2.39 bits per heavy atom. The highest BCUT2D eigenvalue weighted by Gasteiger charge is 2.50. The van der Waals surface area contributed by atoms with E-state index in [0.29, 0.717) is 35.0 Å². The molecule has 1 aromatic carbocycles. The van der Waals surface area contributed by atoms with Gasteiger partial charge in [-0.2, -0.15) is 4.58 Å². The van der Waals surface area contributed by atoms with Crippen LogP contribution in [0.5, 0.6) is 0 Å². The third-order valence-electron chi connectivity index (χ3n) is 5.64. The van der Waals surface area contributed by atoms with Gasteiger partial charge in [-0.05, 0) is 49.7 Å². The van der Waals surface area contributed by atoms with Crippen LogP contribution in [-0.4, -0.2) is 31.6 Å². The maximum absolute atomic E-state index is 13.4. The van der Waals surface area contributed by atoms with Gasteiger partial charge in [0.25, 0.3) is 11.3 Å². The van der Waals surface area contributed by atoms with Crippen LogP contribution in [-0.2, 0) is 18.8 Å². The van der Waals surface area contributed by atoms with E-state index in [1.807, 2.05) is 44.2 Å². The minimum atomic E-state index is -0.593. The monoisotopic (exact) mass is 438 g/mol. The second kappa shape index (κ2) is 6.59. The summed E-state index contributed by atoms with van der Waals surface area (Å²) in [6.07, 6.45) is 0. The first-order chi connectivity index (χ1) is 14.7. The Hall–Kier alpha value is -3.32. The molecule has 0 amide bonds. The Morgan fingerprint density at radius 1 is 1.03 bits per heavy atom. The number of aromatic nitrogens is 2. The maximum Gasteiger partial charge on any atom is 0.331 e. The number of benzene rings is 1. The number of hydrogen-bond acceptors (Lipinski definition) is 4. The zero-order valence-corrected chi connectivity index (χ0v) is 18.4. The summed E-state index contributed by atoms with van der Waals surface area (Å²) < 4.78 is 16.7. The average Bonchev–Trinajstić information content (AvgIpc) is 3.31. The van der Waals surface area contributed by atoms with Crippen molar-refractivity contribution in [2.24, 2.45) is 14.1 Å². The molecule has 2 aliphatic rings. The number of fused-ring (bicyclic) bond motifs is 3. The molecule has 7 nitrogen and oxygen atoms in total. The summed E-state index contributed by atoms with van der Waals surface area (Å²) in [5, 5.41) is 0.227. The number of halogens is 1. The maximum atomic E-state index is 13.4. The van der Waals surface area contributed by atoms with Crippen LogP contribution >= 0.6 is 11.6 Å². The van der Waals surface area contributed by atoms with E-state index in [4.69, 9.17) is 20.8 Å². The molecular weight excluding hydrogens is 418 g/mol. The van der Waals surface area contributed by atoms with Gasteiger partial charge in [0.05, 0.1) is 0 Å². The van der Waals surface area contributed by atoms with Crippen LogP contribution in [0.3, 0.4) is 0 Å². The van der Waals surface area contributed by atoms with E-state index in [9.17, 15) is 9.59 Å². The first-order valence-corrected chi connectivity index (χ1v) is 10.3. The van der Waals surface area contributed by atoms with E-state index in [-0.39, 0.29) is 10.8 Å². The van der Waals surface area contributed by atoms with Crippen molar-refractivity contribution in [3.8, 4) is 0 Å². The van der Waals surface area contributed by atoms with Crippen LogP contribution in [0.1, 0.15) is 36.4 Å². The van der Waals surface area contributed by atoms with E-state index >= 15 is 0 Å². The molecule has 0 radical (unpaired) electrons. The Labute approximate surface area is 183 Å². The van der Waals surface area contributed by atoms with Gasteiger partial charge in [-0.25, -0.2) is 4.79 Å². The predicted octanol–water partition coefficient (Wildman–Crippen LogP) is 2.83. The standard InChI is InChI=1S/C23H21ClN3O4/c1-23(2)12-27-17(13-8-6-5-7-9-13)16-18(25(3)22(29)26(4)21(16)28)19(27)20(31-23)14-10-11-15(24)30-14/h5-11H,12H2,1-4H3/q+1. The Morgan fingerprint density at radius 2 is 1.74 bits per heavy atom. The molecule has 31 heavy (non-hydrogen) atoms. The molecule has 0 N–H and O–H groups in total. The summed E-state index contributed by atoms with van der Waals surface area (Å²) in [6, 6.07) is 13.1. The van der Waals surface area contributed by atoms with Crippen LogP contribution in [0.25, 0.3) is 11.5 Å². The quantitative estimate of drug-likeness (QED) is 0.577. The summed E-state index contributed by atoms with van der Waals surface area (Å²) in [6.45, 7) is 4.42. The molecule has 0 bridgehead atoms. The molecule has 3 aromatic rings. The highest BCUT2D eigenvalue weighted by molar-refractivity contribution is 6.29. The first-order valence-electron chi connectivity index (χ1n) is 9.89. The van der Waals surface area contributed by atoms with Gasteiger partial charge in [-0.15, -0.1) is 0 Å². The lowest BCUT2D eigenvalue weighted by molar-refractivity contribution is -0.458. The normalized spacial score (nSPS) is 16.9. The molecule has 2 aliphatic heterocycles.